The van der Waals surface area contributed by atoms with E-state index < -0.39 is 29.2 Å². The van der Waals surface area contributed by atoms with Crippen molar-refractivity contribution in [2.45, 2.75) is 26.7 Å². The van der Waals surface area contributed by atoms with Crippen LogP contribution in [0.5, 0.6) is 0 Å². The molecule has 2 rings (SSSR count). The third-order valence-electron chi connectivity index (χ3n) is 2.91. The van der Waals surface area contributed by atoms with Gasteiger partial charge in [0.05, 0.1) is 10.7 Å². The Bertz CT molecular complexity index is 631. The summed E-state index contributed by atoms with van der Waals surface area (Å²) in [4.78, 5) is 7.95. The Labute approximate surface area is 123 Å². The second-order valence-electron chi connectivity index (χ2n) is 4.34. The third kappa shape index (κ3) is 3.31. The first-order valence-corrected chi connectivity index (χ1v) is 7.14. The molecule has 2 aromatic heterocycles. The zero-order chi connectivity index (χ0) is 15.6. The number of rotatable bonds is 5. The maximum Gasteiger partial charge on any atom is 0.253 e. The number of anilines is 1. The van der Waals surface area contributed by atoms with Crippen LogP contribution >= 0.6 is 11.3 Å². The molecule has 114 valence electrons. The average molecular weight is 319 g/mol. The van der Waals surface area contributed by atoms with Gasteiger partial charge in [-0.05, 0) is 13.3 Å². The quantitative estimate of drug-likeness (QED) is 0.676. The summed E-state index contributed by atoms with van der Waals surface area (Å²) >= 11 is 1.49. The number of aryl methyl sites for hydroxylation is 2. The number of thiazole rings is 1. The summed E-state index contributed by atoms with van der Waals surface area (Å²) in [6, 6.07) is 0. The Morgan fingerprint density at radius 1 is 1.05 bits per heavy atom. The SMILES string of the molecule is CCc1nc(CCNc2c(F)c(F)nc(F)c2F)sc1C. The molecule has 0 aliphatic heterocycles. The van der Waals surface area contributed by atoms with Crippen LogP contribution < -0.4 is 5.32 Å². The zero-order valence-corrected chi connectivity index (χ0v) is 12.3. The van der Waals surface area contributed by atoms with E-state index in [9.17, 15) is 17.6 Å². The number of halogens is 4. The van der Waals surface area contributed by atoms with Crippen LogP contribution in [0.1, 0.15) is 22.5 Å². The normalized spacial score (nSPS) is 11.0. The molecular formula is C13H13F4N3S. The Kier molecular flexibility index (Phi) is 4.76. The van der Waals surface area contributed by atoms with Crippen LogP contribution in [0.25, 0.3) is 0 Å². The van der Waals surface area contributed by atoms with Gasteiger partial charge in [0.15, 0.2) is 0 Å². The smallest absolute Gasteiger partial charge is 0.253 e. The second-order valence-corrected chi connectivity index (χ2v) is 5.62. The Morgan fingerprint density at radius 2 is 1.67 bits per heavy atom. The summed E-state index contributed by atoms with van der Waals surface area (Å²) in [5.74, 6) is -6.40. The highest BCUT2D eigenvalue weighted by atomic mass is 32.1. The number of nitrogens with one attached hydrogen (secondary N) is 1. The van der Waals surface area contributed by atoms with E-state index in [-0.39, 0.29) is 6.54 Å². The van der Waals surface area contributed by atoms with Gasteiger partial charge in [0.2, 0.25) is 11.6 Å². The van der Waals surface area contributed by atoms with Gasteiger partial charge in [-0.15, -0.1) is 11.3 Å². The van der Waals surface area contributed by atoms with E-state index in [1.165, 1.54) is 11.3 Å². The molecule has 0 saturated heterocycles. The highest BCUT2D eigenvalue weighted by molar-refractivity contribution is 7.11. The van der Waals surface area contributed by atoms with Crippen LogP contribution in [-0.4, -0.2) is 16.5 Å². The van der Waals surface area contributed by atoms with Crippen LogP contribution in [0.3, 0.4) is 0 Å². The van der Waals surface area contributed by atoms with Crippen molar-refractivity contribution >= 4 is 17.0 Å². The summed E-state index contributed by atoms with van der Waals surface area (Å²) in [5, 5.41) is 3.15. The topological polar surface area (TPSA) is 37.8 Å². The second kappa shape index (κ2) is 6.38. The molecule has 0 aliphatic rings. The van der Waals surface area contributed by atoms with Gasteiger partial charge in [-0.3, -0.25) is 0 Å². The van der Waals surface area contributed by atoms with Crippen LogP contribution in [0, 0.1) is 30.5 Å². The minimum Gasteiger partial charge on any atom is -0.380 e. The maximum absolute atomic E-state index is 13.4. The molecule has 3 nitrogen and oxygen atoms in total. The van der Waals surface area contributed by atoms with Gasteiger partial charge in [0.1, 0.15) is 5.69 Å². The molecule has 0 fully saturated rings. The van der Waals surface area contributed by atoms with Crippen molar-refractivity contribution < 1.29 is 17.6 Å². The van der Waals surface area contributed by atoms with E-state index >= 15 is 0 Å². The summed E-state index contributed by atoms with van der Waals surface area (Å²) in [6.07, 6.45) is 1.20. The first-order valence-electron chi connectivity index (χ1n) is 6.33. The fourth-order valence-corrected chi connectivity index (χ4v) is 2.88. The predicted molar refractivity (Wildman–Crippen MR) is 72.5 cm³/mol. The number of pyridine rings is 1. The summed E-state index contributed by atoms with van der Waals surface area (Å²) in [5.41, 5.74) is 0.136. The lowest BCUT2D eigenvalue weighted by Gasteiger charge is -2.08. The Morgan fingerprint density at radius 3 is 2.19 bits per heavy atom. The largest absolute Gasteiger partial charge is 0.380 e. The van der Waals surface area contributed by atoms with E-state index in [0.29, 0.717) is 6.42 Å². The highest BCUT2D eigenvalue weighted by Crippen LogP contribution is 2.23. The van der Waals surface area contributed by atoms with Gasteiger partial charge in [0, 0.05) is 17.8 Å². The molecule has 8 heteroatoms. The fraction of sp³-hybridized carbons (Fsp3) is 0.385. The van der Waals surface area contributed by atoms with Crippen LogP contribution in [0.15, 0.2) is 0 Å². The first-order chi connectivity index (χ1) is 9.93. The number of aromatic nitrogens is 2. The minimum atomic E-state index is -1.67. The molecule has 0 radical (unpaired) electrons. The molecule has 2 aromatic rings. The zero-order valence-electron chi connectivity index (χ0n) is 11.4. The lowest BCUT2D eigenvalue weighted by molar-refractivity contribution is 0.410. The van der Waals surface area contributed by atoms with Crippen molar-refractivity contribution in [3.8, 4) is 0 Å². The van der Waals surface area contributed by atoms with E-state index in [1.807, 2.05) is 13.8 Å². The van der Waals surface area contributed by atoms with Gasteiger partial charge in [0.25, 0.3) is 11.9 Å². The summed E-state index contributed by atoms with van der Waals surface area (Å²) < 4.78 is 52.6. The van der Waals surface area contributed by atoms with Crippen molar-refractivity contribution in [2.24, 2.45) is 0 Å². The van der Waals surface area contributed by atoms with Crippen molar-refractivity contribution in [1.82, 2.24) is 9.97 Å². The van der Waals surface area contributed by atoms with E-state index in [0.717, 1.165) is 22.0 Å². The van der Waals surface area contributed by atoms with Crippen LogP contribution in [0.2, 0.25) is 0 Å². The monoisotopic (exact) mass is 319 g/mol. The molecule has 0 bridgehead atoms. The van der Waals surface area contributed by atoms with E-state index in [4.69, 9.17) is 0 Å². The van der Waals surface area contributed by atoms with Gasteiger partial charge < -0.3 is 5.32 Å². The molecule has 0 aliphatic carbocycles. The van der Waals surface area contributed by atoms with Crippen molar-refractivity contribution in [3.63, 3.8) is 0 Å². The molecule has 0 amide bonds. The summed E-state index contributed by atoms with van der Waals surface area (Å²) in [7, 11) is 0. The average Bonchev–Trinajstić information content (AvgIpc) is 2.80. The van der Waals surface area contributed by atoms with E-state index in [1.54, 1.807) is 0 Å². The van der Waals surface area contributed by atoms with Crippen molar-refractivity contribution in [3.05, 3.63) is 39.1 Å². The number of nitrogens with zero attached hydrogens (tertiary/aromatic N) is 2. The lowest BCUT2D eigenvalue weighted by atomic mass is 10.3. The van der Waals surface area contributed by atoms with Gasteiger partial charge in [-0.25, -0.2) is 4.98 Å². The molecular weight excluding hydrogens is 306 g/mol. The highest BCUT2D eigenvalue weighted by Gasteiger charge is 2.20. The van der Waals surface area contributed by atoms with Crippen LogP contribution in [-0.2, 0) is 12.8 Å². The standard InChI is InChI=1S/C13H13F4N3S/c1-3-7-6(2)21-8(19-7)4-5-18-11-9(14)12(16)20-13(17)10(11)15/h3-5H2,1-2H3,(H,18,20). The molecule has 1 N–H and O–H groups in total. The number of hydrogen-bond acceptors (Lipinski definition) is 4. The lowest BCUT2D eigenvalue weighted by Crippen LogP contribution is -2.12. The molecule has 0 atom stereocenters. The van der Waals surface area contributed by atoms with Gasteiger partial charge in [-0.2, -0.15) is 22.5 Å². The Hall–Kier alpha value is -1.70. The predicted octanol–water partition coefficient (Wildman–Crippen LogP) is 3.62. The van der Waals surface area contributed by atoms with Gasteiger partial charge >= 0.3 is 0 Å². The molecule has 0 unspecified atom stereocenters. The first kappa shape index (κ1) is 15.7. The molecule has 2 heterocycles. The fourth-order valence-electron chi connectivity index (χ4n) is 1.86. The summed E-state index contributed by atoms with van der Waals surface area (Å²) in [6.45, 7) is 4.03. The maximum atomic E-state index is 13.4. The number of hydrogen-bond donors (Lipinski definition) is 1. The van der Waals surface area contributed by atoms with Crippen LogP contribution in [0.4, 0.5) is 23.2 Å². The third-order valence-corrected chi connectivity index (χ3v) is 3.98. The molecule has 21 heavy (non-hydrogen) atoms. The van der Waals surface area contributed by atoms with E-state index in [2.05, 4.69) is 15.3 Å². The van der Waals surface area contributed by atoms with Crippen molar-refractivity contribution in [1.29, 1.82) is 0 Å². The molecule has 0 spiro atoms. The molecule has 0 aromatic carbocycles. The minimum absolute atomic E-state index is 0.104. The van der Waals surface area contributed by atoms with Gasteiger partial charge in [-0.1, -0.05) is 6.92 Å². The Balaban J connectivity index is 2.07. The molecule has 0 saturated carbocycles. The van der Waals surface area contributed by atoms with Crippen molar-refractivity contribution in [2.75, 3.05) is 11.9 Å².